The van der Waals surface area contributed by atoms with Gasteiger partial charge >= 0.3 is 5.69 Å². The van der Waals surface area contributed by atoms with Gasteiger partial charge in [0.2, 0.25) is 11.0 Å². The van der Waals surface area contributed by atoms with Crippen LogP contribution in [0.15, 0.2) is 74.6 Å². The Kier molecular flexibility index (Phi) is 5.76. The number of nitrogens with zero attached hydrogens (tertiary/aromatic N) is 3. The molecule has 4 aromatic rings. The lowest BCUT2D eigenvalue weighted by Gasteiger charge is -2.10. The van der Waals surface area contributed by atoms with Crippen molar-refractivity contribution in [2.75, 3.05) is 6.61 Å². The molecule has 0 unspecified atom stereocenters. The van der Waals surface area contributed by atoms with E-state index in [1.54, 1.807) is 24.3 Å². The van der Waals surface area contributed by atoms with Crippen molar-refractivity contribution in [1.82, 2.24) is 14.5 Å². The van der Waals surface area contributed by atoms with Crippen LogP contribution in [-0.2, 0) is 0 Å². The molecule has 0 atom stereocenters. The van der Waals surface area contributed by atoms with Gasteiger partial charge in [-0.2, -0.15) is 0 Å². The van der Waals surface area contributed by atoms with E-state index in [9.17, 15) is 14.7 Å². The van der Waals surface area contributed by atoms with Crippen LogP contribution >= 0.6 is 11.3 Å². The molecule has 4 rings (SSSR count). The fourth-order valence-electron chi connectivity index (χ4n) is 2.94. The molecule has 2 aromatic heterocycles. The van der Waals surface area contributed by atoms with E-state index in [2.05, 4.69) is 15.0 Å². The van der Waals surface area contributed by atoms with Gasteiger partial charge in [0.1, 0.15) is 11.3 Å². The van der Waals surface area contributed by atoms with Gasteiger partial charge in [-0.15, -0.1) is 11.3 Å². The van der Waals surface area contributed by atoms with Gasteiger partial charge in [-0.1, -0.05) is 30.3 Å². The zero-order valence-electron chi connectivity index (χ0n) is 16.5. The Labute approximate surface area is 180 Å². The zero-order chi connectivity index (χ0) is 21.8. The van der Waals surface area contributed by atoms with E-state index in [-0.39, 0.29) is 5.56 Å². The summed E-state index contributed by atoms with van der Waals surface area (Å²) < 4.78 is 6.38. The van der Waals surface area contributed by atoms with Crippen LogP contribution in [0.5, 0.6) is 11.6 Å². The maximum atomic E-state index is 12.3. The third-order valence-electron chi connectivity index (χ3n) is 4.39. The molecule has 0 amide bonds. The highest BCUT2D eigenvalue weighted by Crippen LogP contribution is 2.26. The van der Waals surface area contributed by atoms with Crippen molar-refractivity contribution in [3.8, 4) is 28.6 Å². The van der Waals surface area contributed by atoms with Crippen molar-refractivity contribution >= 4 is 22.7 Å². The van der Waals surface area contributed by atoms with Crippen LogP contribution in [0.4, 0.5) is 5.13 Å². The summed E-state index contributed by atoms with van der Waals surface area (Å²) in [6.07, 6.45) is 1.20. The molecule has 2 heterocycles. The molecular weight excluding hydrogens is 416 g/mol. The highest BCUT2D eigenvalue weighted by molar-refractivity contribution is 7.13. The number of rotatable bonds is 6. The van der Waals surface area contributed by atoms with Crippen molar-refractivity contribution in [1.29, 1.82) is 0 Å². The standard InChI is InChI=1S/C22H18N4O4S/c1-2-30-16-10-8-15(9-11-16)26-20(28)17(19(27)25-22(26)29)12-23-21-24-18(13-31-21)14-6-4-3-5-7-14/h3-13,28H,2H2,1H3,(H,25,27,29). The Bertz CT molecular complexity index is 1340. The molecule has 8 nitrogen and oxygen atoms in total. The topological polar surface area (TPSA) is 110 Å². The van der Waals surface area contributed by atoms with Crippen LogP contribution in [0.3, 0.4) is 0 Å². The van der Waals surface area contributed by atoms with Gasteiger partial charge in [-0.3, -0.25) is 9.78 Å². The molecule has 31 heavy (non-hydrogen) atoms. The van der Waals surface area contributed by atoms with Crippen molar-refractivity contribution in [3.63, 3.8) is 0 Å². The monoisotopic (exact) mass is 434 g/mol. The summed E-state index contributed by atoms with van der Waals surface area (Å²) in [7, 11) is 0. The molecule has 2 aromatic carbocycles. The first kappa shape index (κ1) is 20.3. The molecule has 0 spiro atoms. The maximum Gasteiger partial charge on any atom is 0.335 e. The van der Waals surface area contributed by atoms with Gasteiger partial charge in [0.05, 0.1) is 18.0 Å². The number of H-pyrrole nitrogens is 1. The summed E-state index contributed by atoms with van der Waals surface area (Å²) in [4.78, 5) is 35.4. The summed E-state index contributed by atoms with van der Waals surface area (Å²) in [6.45, 7) is 2.37. The lowest BCUT2D eigenvalue weighted by molar-refractivity contribution is 0.340. The summed E-state index contributed by atoms with van der Waals surface area (Å²) >= 11 is 1.30. The number of aromatic nitrogens is 3. The van der Waals surface area contributed by atoms with Crippen molar-refractivity contribution < 1.29 is 9.84 Å². The normalized spacial score (nSPS) is 11.1. The van der Waals surface area contributed by atoms with E-state index in [0.29, 0.717) is 23.2 Å². The van der Waals surface area contributed by atoms with E-state index in [0.717, 1.165) is 15.8 Å². The first-order chi connectivity index (χ1) is 15.1. The molecule has 9 heteroatoms. The second-order valence-electron chi connectivity index (χ2n) is 6.40. The first-order valence-electron chi connectivity index (χ1n) is 9.43. The van der Waals surface area contributed by atoms with E-state index >= 15 is 0 Å². The summed E-state index contributed by atoms with van der Waals surface area (Å²) in [5.41, 5.74) is 0.431. The SMILES string of the molecule is CCOc1ccc(-n2c(O)c(C=Nc3nc(-c4ccccc4)cs3)c(=O)[nH]c2=O)cc1. The first-order valence-corrected chi connectivity index (χ1v) is 10.3. The summed E-state index contributed by atoms with van der Waals surface area (Å²) in [6, 6.07) is 16.2. The predicted octanol–water partition coefficient (Wildman–Crippen LogP) is 3.50. The third-order valence-corrected chi connectivity index (χ3v) is 5.14. The number of aliphatic imine (C=N–C) groups is 1. The van der Waals surface area contributed by atoms with Crippen molar-refractivity contribution in [3.05, 3.63) is 86.4 Å². The van der Waals surface area contributed by atoms with Crippen molar-refractivity contribution in [2.45, 2.75) is 6.92 Å². The minimum absolute atomic E-state index is 0.148. The number of ether oxygens (including phenoxy) is 1. The number of hydrogen-bond acceptors (Lipinski definition) is 7. The number of thiazole rings is 1. The fourth-order valence-corrected chi connectivity index (χ4v) is 3.61. The Morgan fingerprint density at radius 3 is 2.61 bits per heavy atom. The lowest BCUT2D eigenvalue weighted by Crippen LogP contribution is -2.31. The molecule has 2 N–H and O–H groups in total. The molecule has 0 fully saturated rings. The van der Waals surface area contributed by atoms with Gasteiger partial charge in [0.15, 0.2) is 0 Å². The smallest absolute Gasteiger partial charge is 0.335 e. The van der Waals surface area contributed by atoms with Gasteiger partial charge < -0.3 is 9.84 Å². The van der Waals surface area contributed by atoms with Gasteiger partial charge in [-0.05, 0) is 31.2 Å². The molecule has 0 saturated carbocycles. The van der Waals surface area contributed by atoms with Crippen LogP contribution in [0, 0.1) is 0 Å². The zero-order valence-corrected chi connectivity index (χ0v) is 17.3. The Balaban J connectivity index is 1.68. The van der Waals surface area contributed by atoms with E-state index in [1.807, 2.05) is 42.6 Å². The lowest BCUT2D eigenvalue weighted by atomic mass is 10.2. The van der Waals surface area contributed by atoms with Crippen LogP contribution in [0.1, 0.15) is 12.5 Å². The highest BCUT2D eigenvalue weighted by Gasteiger charge is 2.14. The molecular formula is C22H18N4O4S. The Hall–Kier alpha value is -3.98. The van der Waals surface area contributed by atoms with E-state index < -0.39 is 17.1 Å². The largest absolute Gasteiger partial charge is 0.494 e. The Morgan fingerprint density at radius 2 is 1.90 bits per heavy atom. The van der Waals surface area contributed by atoms with Crippen LogP contribution < -0.4 is 16.0 Å². The van der Waals surface area contributed by atoms with Gasteiger partial charge in [-0.25, -0.2) is 19.3 Å². The fraction of sp³-hybridized carbons (Fsp3) is 0.0909. The van der Waals surface area contributed by atoms with Crippen LogP contribution in [0.2, 0.25) is 0 Å². The maximum absolute atomic E-state index is 12.3. The van der Waals surface area contributed by atoms with Gasteiger partial charge in [0, 0.05) is 17.2 Å². The van der Waals surface area contributed by atoms with Crippen molar-refractivity contribution in [2.24, 2.45) is 4.99 Å². The van der Waals surface area contributed by atoms with Crippen LogP contribution in [-0.4, -0.2) is 32.5 Å². The third kappa shape index (κ3) is 4.31. The summed E-state index contributed by atoms with van der Waals surface area (Å²) in [5.74, 6) is 0.115. The minimum atomic E-state index is -0.760. The molecule has 156 valence electrons. The highest BCUT2D eigenvalue weighted by atomic mass is 32.1. The molecule has 0 aliphatic heterocycles. The number of benzene rings is 2. The molecule has 0 aliphatic rings. The average Bonchev–Trinajstić information content (AvgIpc) is 3.24. The molecule has 0 aliphatic carbocycles. The second-order valence-corrected chi connectivity index (χ2v) is 7.23. The number of aromatic amines is 1. The molecule has 0 radical (unpaired) electrons. The second kappa shape index (κ2) is 8.80. The average molecular weight is 434 g/mol. The number of nitrogens with one attached hydrogen (secondary N) is 1. The summed E-state index contributed by atoms with van der Waals surface area (Å²) in [5, 5.41) is 12.9. The van der Waals surface area contributed by atoms with E-state index in [1.165, 1.54) is 17.6 Å². The van der Waals surface area contributed by atoms with Gasteiger partial charge in [0.25, 0.3) is 5.56 Å². The molecule has 0 bridgehead atoms. The number of aromatic hydroxyl groups is 1. The quantitative estimate of drug-likeness (QED) is 0.452. The molecule has 0 saturated heterocycles. The van der Waals surface area contributed by atoms with E-state index in [4.69, 9.17) is 4.74 Å². The Morgan fingerprint density at radius 1 is 1.16 bits per heavy atom. The predicted molar refractivity (Wildman–Crippen MR) is 120 cm³/mol. The number of hydrogen-bond donors (Lipinski definition) is 2. The minimum Gasteiger partial charge on any atom is -0.494 e. The van der Waals surface area contributed by atoms with Crippen LogP contribution in [0.25, 0.3) is 16.9 Å².